The zero-order chi connectivity index (χ0) is 15.1. The summed E-state index contributed by atoms with van der Waals surface area (Å²) in [6, 6.07) is 9.77. The molecule has 2 rings (SSSR count). The van der Waals surface area contributed by atoms with Gasteiger partial charge >= 0.3 is 0 Å². The number of carbonyl (C=O) groups is 1. The summed E-state index contributed by atoms with van der Waals surface area (Å²) in [6.45, 7) is 0.0149. The molecule has 0 fully saturated rings. The van der Waals surface area contributed by atoms with Gasteiger partial charge in [0.05, 0.1) is 25.9 Å². The van der Waals surface area contributed by atoms with Gasteiger partial charge in [0, 0.05) is 5.02 Å². The first-order valence-corrected chi connectivity index (χ1v) is 6.89. The predicted molar refractivity (Wildman–Crippen MR) is 78.2 cm³/mol. The summed E-state index contributed by atoms with van der Waals surface area (Å²) in [6.07, 6.45) is 1.67. The maximum atomic E-state index is 11.8. The fourth-order valence-electron chi connectivity index (χ4n) is 1.76. The molecule has 0 saturated heterocycles. The Morgan fingerprint density at radius 1 is 1.33 bits per heavy atom. The summed E-state index contributed by atoms with van der Waals surface area (Å²) in [7, 11) is 0. The summed E-state index contributed by atoms with van der Waals surface area (Å²) in [5.74, 6) is 0.945. The maximum Gasteiger partial charge on any atom is 0.224 e. The number of halogens is 1. The quantitative estimate of drug-likeness (QED) is 0.824. The molecule has 1 aromatic heterocycles. The smallest absolute Gasteiger partial charge is 0.224 e. The van der Waals surface area contributed by atoms with E-state index in [0.717, 1.165) is 0 Å². The molecule has 21 heavy (non-hydrogen) atoms. The van der Waals surface area contributed by atoms with E-state index in [0.29, 0.717) is 16.5 Å². The van der Waals surface area contributed by atoms with Crippen LogP contribution in [0.1, 0.15) is 18.2 Å². The van der Waals surface area contributed by atoms with E-state index in [-0.39, 0.29) is 25.5 Å². The molecule has 112 valence electrons. The number of hydrogen-bond acceptors (Lipinski definition) is 4. The second-order valence-corrected chi connectivity index (χ2v) is 4.81. The molecule has 2 aromatic rings. The minimum Gasteiger partial charge on any atom is -0.493 e. The maximum absolute atomic E-state index is 11.8. The zero-order valence-electron chi connectivity index (χ0n) is 11.3. The number of carbonyl (C=O) groups excluding carboxylic acids is 1. The molecular formula is C15H16ClNO4. The third kappa shape index (κ3) is 4.81. The second-order valence-electron chi connectivity index (χ2n) is 4.37. The molecule has 1 unspecified atom stereocenters. The first-order valence-electron chi connectivity index (χ1n) is 6.51. The van der Waals surface area contributed by atoms with E-state index in [9.17, 15) is 9.90 Å². The molecule has 5 nitrogen and oxygen atoms in total. The van der Waals surface area contributed by atoms with E-state index in [4.69, 9.17) is 20.8 Å². The average Bonchev–Trinajstić information content (AvgIpc) is 3.01. The zero-order valence-corrected chi connectivity index (χ0v) is 12.0. The van der Waals surface area contributed by atoms with Crippen molar-refractivity contribution in [3.05, 3.63) is 53.4 Å². The van der Waals surface area contributed by atoms with Crippen molar-refractivity contribution in [3.8, 4) is 5.75 Å². The summed E-state index contributed by atoms with van der Waals surface area (Å²) in [5, 5.41) is 12.6. The number of amides is 1. The van der Waals surface area contributed by atoms with Crippen LogP contribution in [0.2, 0.25) is 5.02 Å². The van der Waals surface area contributed by atoms with Crippen LogP contribution in [0.5, 0.6) is 5.75 Å². The predicted octanol–water partition coefficient (Wildman–Crippen LogP) is 2.55. The summed E-state index contributed by atoms with van der Waals surface area (Å²) < 4.78 is 10.6. The summed E-state index contributed by atoms with van der Waals surface area (Å²) in [4.78, 5) is 11.8. The first-order chi connectivity index (χ1) is 10.2. The van der Waals surface area contributed by atoms with Crippen molar-refractivity contribution in [1.29, 1.82) is 0 Å². The lowest BCUT2D eigenvalue weighted by Crippen LogP contribution is -2.31. The van der Waals surface area contributed by atoms with Crippen LogP contribution in [0.3, 0.4) is 0 Å². The highest BCUT2D eigenvalue weighted by molar-refractivity contribution is 6.30. The Balaban J connectivity index is 1.75. The molecule has 0 aliphatic rings. The molecule has 0 aliphatic heterocycles. The van der Waals surface area contributed by atoms with E-state index in [1.165, 1.54) is 6.26 Å². The lowest BCUT2D eigenvalue weighted by Gasteiger charge is -2.14. The van der Waals surface area contributed by atoms with E-state index in [2.05, 4.69) is 5.32 Å². The Hall–Kier alpha value is -1.98. The number of furan rings is 1. The lowest BCUT2D eigenvalue weighted by atomic mass is 10.2. The van der Waals surface area contributed by atoms with Gasteiger partial charge in [-0.25, -0.2) is 0 Å². The number of ether oxygens (including phenoxy) is 1. The van der Waals surface area contributed by atoms with E-state index in [1.807, 2.05) is 0 Å². The Kier molecular flexibility index (Phi) is 5.66. The topological polar surface area (TPSA) is 71.7 Å². The van der Waals surface area contributed by atoms with E-state index in [1.54, 1.807) is 36.4 Å². The van der Waals surface area contributed by atoms with Crippen LogP contribution in [0, 0.1) is 0 Å². The van der Waals surface area contributed by atoms with Gasteiger partial charge in [-0.15, -0.1) is 0 Å². The highest BCUT2D eigenvalue weighted by atomic mass is 35.5. The van der Waals surface area contributed by atoms with Crippen LogP contribution in [0.15, 0.2) is 47.1 Å². The molecular weight excluding hydrogens is 294 g/mol. The van der Waals surface area contributed by atoms with Gasteiger partial charge in [-0.05, 0) is 36.4 Å². The van der Waals surface area contributed by atoms with Crippen molar-refractivity contribution in [1.82, 2.24) is 5.32 Å². The molecule has 0 bridgehead atoms. The minimum atomic E-state index is -0.539. The third-order valence-corrected chi connectivity index (χ3v) is 3.07. The van der Waals surface area contributed by atoms with Gasteiger partial charge in [-0.1, -0.05) is 11.6 Å². The van der Waals surface area contributed by atoms with Crippen LogP contribution in [0.4, 0.5) is 0 Å². The summed E-state index contributed by atoms with van der Waals surface area (Å²) in [5.41, 5.74) is 0. The van der Waals surface area contributed by atoms with Crippen molar-refractivity contribution >= 4 is 17.5 Å². The number of hydrogen-bond donors (Lipinski definition) is 2. The fraction of sp³-hybridized carbons (Fsp3) is 0.267. The number of aliphatic hydroxyl groups is 1. The molecule has 1 aromatic carbocycles. The van der Waals surface area contributed by atoms with Gasteiger partial charge in [-0.2, -0.15) is 0 Å². The van der Waals surface area contributed by atoms with Gasteiger partial charge in [0.15, 0.2) is 0 Å². The molecule has 0 spiro atoms. The van der Waals surface area contributed by atoms with Gasteiger partial charge < -0.3 is 19.6 Å². The Morgan fingerprint density at radius 3 is 2.71 bits per heavy atom. The molecule has 0 saturated carbocycles. The standard InChI is InChI=1S/C15H16ClNO4/c16-11-3-5-12(6-4-11)20-9-7-15(19)17-13(10-18)14-2-1-8-21-14/h1-6,8,13,18H,7,9-10H2,(H,17,19). The van der Waals surface area contributed by atoms with Crippen LogP contribution >= 0.6 is 11.6 Å². The monoisotopic (exact) mass is 309 g/mol. The minimum absolute atomic E-state index is 0.180. The lowest BCUT2D eigenvalue weighted by molar-refractivity contribution is -0.122. The SMILES string of the molecule is O=C(CCOc1ccc(Cl)cc1)NC(CO)c1ccco1. The average molecular weight is 310 g/mol. The van der Waals surface area contributed by atoms with Gasteiger partial charge in [0.25, 0.3) is 0 Å². The Morgan fingerprint density at radius 2 is 2.10 bits per heavy atom. The van der Waals surface area contributed by atoms with Crippen LogP contribution < -0.4 is 10.1 Å². The van der Waals surface area contributed by atoms with E-state index < -0.39 is 6.04 Å². The van der Waals surface area contributed by atoms with Crippen LogP contribution in [-0.2, 0) is 4.79 Å². The Bertz CT molecular complexity index is 554. The van der Waals surface area contributed by atoms with Crippen LogP contribution in [0.25, 0.3) is 0 Å². The normalized spacial score (nSPS) is 11.9. The molecule has 1 amide bonds. The number of aliphatic hydroxyl groups excluding tert-OH is 1. The van der Waals surface area contributed by atoms with Crippen molar-refractivity contribution in [2.75, 3.05) is 13.2 Å². The highest BCUT2D eigenvalue weighted by Crippen LogP contribution is 2.16. The van der Waals surface area contributed by atoms with Gasteiger partial charge in [0.1, 0.15) is 17.6 Å². The molecule has 2 N–H and O–H groups in total. The molecule has 0 radical (unpaired) electrons. The number of nitrogens with one attached hydrogen (secondary N) is 1. The number of rotatable bonds is 7. The fourth-order valence-corrected chi connectivity index (χ4v) is 1.88. The third-order valence-electron chi connectivity index (χ3n) is 2.82. The van der Waals surface area contributed by atoms with Crippen LogP contribution in [-0.4, -0.2) is 24.2 Å². The molecule has 6 heteroatoms. The highest BCUT2D eigenvalue weighted by Gasteiger charge is 2.15. The number of benzene rings is 1. The van der Waals surface area contributed by atoms with Gasteiger partial charge in [0.2, 0.25) is 5.91 Å². The largest absolute Gasteiger partial charge is 0.493 e. The molecule has 1 heterocycles. The summed E-state index contributed by atoms with van der Waals surface area (Å²) >= 11 is 5.77. The molecule has 0 aliphatic carbocycles. The van der Waals surface area contributed by atoms with Gasteiger partial charge in [-0.3, -0.25) is 4.79 Å². The van der Waals surface area contributed by atoms with Crippen molar-refractivity contribution < 1.29 is 19.1 Å². The van der Waals surface area contributed by atoms with Crippen molar-refractivity contribution in [3.63, 3.8) is 0 Å². The molecule has 1 atom stereocenters. The first kappa shape index (κ1) is 15.4. The van der Waals surface area contributed by atoms with Crippen molar-refractivity contribution in [2.45, 2.75) is 12.5 Å². The second kappa shape index (κ2) is 7.71. The Labute approximate surface area is 127 Å². The van der Waals surface area contributed by atoms with Crippen molar-refractivity contribution in [2.24, 2.45) is 0 Å². The van der Waals surface area contributed by atoms with E-state index >= 15 is 0 Å².